The van der Waals surface area contributed by atoms with E-state index in [1.165, 1.54) is 18.4 Å². The van der Waals surface area contributed by atoms with Crippen LogP contribution in [-0.2, 0) is 9.84 Å². The first-order valence-corrected chi connectivity index (χ1v) is 13.4. The van der Waals surface area contributed by atoms with Crippen molar-refractivity contribution < 1.29 is 12.8 Å². The molecular formula is C16H11FIN3O2S2. The SMILES string of the molecule is CS(=O)(=O)c1ccc(-c2c(-c3ccc(F)cc3)nc3n2N=IS3)cc1. The highest BCUT2D eigenvalue weighted by molar-refractivity contribution is 14.2. The fraction of sp³-hybridized carbons (Fsp3) is 0.0625. The van der Waals surface area contributed by atoms with Gasteiger partial charge in [-0.25, -0.2) is 22.5 Å². The summed E-state index contributed by atoms with van der Waals surface area (Å²) in [6.07, 6.45) is 1.18. The average Bonchev–Trinajstić information content (AvgIpc) is 3.15. The van der Waals surface area contributed by atoms with Gasteiger partial charge in [0.25, 0.3) is 0 Å². The summed E-state index contributed by atoms with van der Waals surface area (Å²) in [5.74, 6) is -0.306. The van der Waals surface area contributed by atoms with Crippen molar-refractivity contribution in [1.82, 2.24) is 9.66 Å². The fourth-order valence-electron chi connectivity index (χ4n) is 2.52. The van der Waals surface area contributed by atoms with Gasteiger partial charge in [-0.3, -0.25) is 0 Å². The Hall–Kier alpha value is -1.59. The Kier molecular flexibility index (Phi) is 4.24. The van der Waals surface area contributed by atoms with Gasteiger partial charge in [0.1, 0.15) is 11.5 Å². The number of aromatic nitrogens is 2. The Morgan fingerprint density at radius 3 is 2.32 bits per heavy atom. The van der Waals surface area contributed by atoms with Crippen molar-refractivity contribution in [3.63, 3.8) is 0 Å². The molecule has 0 aliphatic carbocycles. The first kappa shape index (κ1) is 16.9. The second-order valence-electron chi connectivity index (χ2n) is 5.43. The van der Waals surface area contributed by atoms with E-state index in [0.717, 1.165) is 22.0 Å². The van der Waals surface area contributed by atoms with E-state index in [-0.39, 0.29) is 30.4 Å². The van der Waals surface area contributed by atoms with Gasteiger partial charge in [0, 0.05) is 26.3 Å². The van der Waals surface area contributed by atoms with Crippen molar-refractivity contribution in [2.24, 2.45) is 3.25 Å². The van der Waals surface area contributed by atoms with Gasteiger partial charge >= 0.3 is 0 Å². The summed E-state index contributed by atoms with van der Waals surface area (Å²) in [5.41, 5.74) is 3.12. The van der Waals surface area contributed by atoms with Crippen molar-refractivity contribution >= 4 is 38.4 Å². The molecule has 25 heavy (non-hydrogen) atoms. The third-order valence-electron chi connectivity index (χ3n) is 3.71. The largest absolute Gasteiger partial charge is 0.224 e. The molecule has 0 unspecified atom stereocenters. The summed E-state index contributed by atoms with van der Waals surface area (Å²) >= 11 is -0.386. The number of imidazole rings is 1. The zero-order valence-corrected chi connectivity index (χ0v) is 16.6. The van der Waals surface area contributed by atoms with Crippen LogP contribution in [0, 0.1) is 5.82 Å². The molecule has 1 aliphatic rings. The Bertz CT molecular complexity index is 1090. The molecule has 0 saturated heterocycles. The van der Waals surface area contributed by atoms with Crippen LogP contribution < -0.4 is 0 Å². The second-order valence-corrected chi connectivity index (χ2v) is 11.0. The Morgan fingerprint density at radius 1 is 1.04 bits per heavy atom. The van der Waals surface area contributed by atoms with Gasteiger partial charge < -0.3 is 0 Å². The number of hydrogen-bond donors (Lipinski definition) is 0. The van der Waals surface area contributed by atoms with Crippen LogP contribution in [-0.4, -0.2) is 24.3 Å². The third kappa shape index (κ3) is 3.15. The molecule has 128 valence electrons. The van der Waals surface area contributed by atoms with Crippen LogP contribution in [0.1, 0.15) is 0 Å². The van der Waals surface area contributed by atoms with Gasteiger partial charge in [-0.1, -0.05) is 12.1 Å². The molecule has 0 fully saturated rings. The molecule has 2 heterocycles. The molecule has 0 radical (unpaired) electrons. The zero-order valence-electron chi connectivity index (χ0n) is 12.8. The topological polar surface area (TPSA) is 64.3 Å². The standard InChI is InChI=1S/C16H11FIN3O2S2/c1-25(22,23)13-8-4-11(5-9-13)15-14(10-2-6-12(17)7-3-10)19-16-21(15)20-18-24-16/h2-9H,1H3. The lowest BCUT2D eigenvalue weighted by molar-refractivity contribution is 0.602. The molecule has 0 N–H and O–H groups in total. The third-order valence-corrected chi connectivity index (χ3v) is 8.10. The quantitative estimate of drug-likeness (QED) is 0.503. The molecule has 4 rings (SSSR count). The Labute approximate surface area is 156 Å². The van der Waals surface area contributed by atoms with Gasteiger partial charge in [-0.2, -0.15) is 0 Å². The van der Waals surface area contributed by atoms with E-state index < -0.39 is 9.84 Å². The van der Waals surface area contributed by atoms with E-state index in [4.69, 9.17) is 0 Å². The van der Waals surface area contributed by atoms with Gasteiger partial charge in [0.15, 0.2) is 9.84 Å². The molecule has 1 aromatic heterocycles. The van der Waals surface area contributed by atoms with Crippen LogP contribution in [0.3, 0.4) is 0 Å². The van der Waals surface area contributed by atoms with E-state index in [9.17, 15) is 12.8 Å². The van der Waals surface area contributed by atoms with E-state index in [1.807, 2.05) is 4.68 Å². The monoisotopic (exact) mass is 487 g/mol. The second kappa shape index (κ2) is 6.29. The van der Waals surface area contributed by atoms with Crippen LogP contribution in [0.15, 0.2) is 61.8 Å². The van der Waals surface area contributed by atoms with Crippen molar-refractivity contribution in [1.29, 1.82) is 0 Å². The van der Waals surface area contributed by atoms with E-state index in [1.54, 1.807) is 45.3 Å². The highest BCUT2D eigenvalue weighted by Gasteiger charge is 2.23. The summed E-state index contributed by atoms with van der Waals surface area (Å²) in [4.78, 5) is 4.92. The summed E-state index contributed by atoms with van der Waals surface area (Å²) in [6, 6.07) is 12.8. The van der Waals surface area contributed by atoms with Gasteiger partial charge in [0.05, 0.1) is 30.2 Å². The number of hydrogen-bond acceptors (Lipinski definition) is 5. The number of nitrogens with zero attached hydrogens (tertiary/aromatic N) is 3. The van der Waals surface area contributed by atoms with Crippen LogP contribution >= 0.6 is 28.6 Å². The number of sulfone groups is 1. The maximum Gasteiger partial charge on any atom is 0.201 e. The smallest absolute Gasteiger partial charge is 0.201 e. The van der Waals surface area contributed by atoms with Crippen LogP contribution in [0.4, 0.5) is 4.39 Å². The first-order chi connectivity index (χ1) is 11.9. The molecule has 0 amide bonds. The van der Waals surface area contributed by atoms with Gasteiger partial charge in [-0.05, 0) is 36.4 Å². The molecule has 1 aliphatic heterocycles. The lowest BCUT2D eigenvalue weighted by Crippen LogP contribution is -1.97. The molecule has 0 atom stereocenters. The summed E-state index contributed by atoms with van der Waals surface area (Å²) < 4.78 is 42.9. The predicted molar refractivity (Wildman–Crippen MR) is 104 cm³/mol. The molecular weight excluding hydrogens is 476 g/mol. The maximum atomic E-state index is 13.2. The highest BCUT2D eigenvalue weighted by Crippen LogP contribution is 2.45. The molecule has 9 heteroatoms. The number of fused-ring (bicyclic) bond motifs is 1. The minimum atomic E-state index is -3.25. The normalized spacial score (nSPS) is 13.5. The Morgan fingerprint density at radius 2 is 1.68 bits per heavy atom. The van der Waals surface area contributed by atoms with E-state index >= 15 is 0 Å². The lowest BCUT2D eigenvalue weighted by Gasteiger charge is -2.07. The number of rotatable bonds is 3. The predicted octanol–water partition coefficient (Wildman–Crippen LogP) is 4.70. The molecule has 3 aromatic rings. The van der Waals surface area contributed by atoms with Crippen molar-refractivity contribution in [3.05, 3.63) is 54.3 Å². The molecule has 0 saturated carbocycles. The lowest BCUT2D eigenvalue weighted by atomic mass is 10.1. The zero-order chi connectivity index (χ0) is 17.6. The highest BCUT2D eigenvalue weighted by atomic mass is 127. The summed E-state index contributed by atoms with van der Waals surface area (Å²) in [7, 11) is -1.63. The van der Waals surface area contributed by atoms with Gasteiger partial charge in [-0.15, -0.1) is 3.25 Å². The van der Waals surface area contributed by atoms with Gasteiger partial charge in [0.2, 0.25) is 5.16 Å². The van der Waals surface area contributed by atoms with Crippen molar-refractivity contribution in [3.8, 4) is 22.5 Å². The Balaban J connectivity index is 1.89. The summed E-state index contributed by atoms with van der Waals surface area (Å²) in [6.45, 7) is 0. The molecule has 0 bridgehead atoms. The van der Waals surface area contributed by atoms with Crippen molar-refractivity contribution in [2.75, 3.05) is 6.26 Å². The van der Waals surface area contributed by atoms with Crippen LogP contribution in [0.2, 0.25) is 0 Å². The van der Waals surface area contributed by atoms with Crippen LogP contribution in [0.25, 0.3) is 22.5 Å². The maximum absolute atomic E-state index is 13.2. The minimum absolute atomic E-state index is 0.263. The van der Waals surface area contributed by atoms with Crippen molar-refractivity contribution in [2.45, 2.75) is 10.1 Å². The first-order valence-electron chi connectivity index (χ1n) is 7.15. The molecule has 2 aromatic carbocycles. The molecule has 5 nitrogen and oxygen atoms in total. The number of halogens is 2. The van der Waals surface area contributed by atoms with E-state index in [2.05, 4.69) is 8.24 Å². The number of benzene rings is 2. The molecule has 0 spiro atoms. The minimum Gasteiger partial charge on any atom is -0.224 e. The average molecular weight is 487 g/mol. The fourth-order valence-corrected chi connectivity index (χ4v) is 6.37. The van der Waals surface area contributed by atoms with E-state index in [0.29, 0.717) is 5.69 Å². The van der Waals surface area contributed by atoms with Crippen LogP contribution in [0.5, 0.6) is 0 Å². The summed E-state index contributed by atoms with van der Waals surface area (Å²) in [5, 5.41) is 0.814.